The van der Waals surface area contributed by atoms with E-state index in [0.717, 1.165) is 36.3 Å². The van der Waals surface area contributed by atoms with Gasteiger partial charge in [0, 0.05) is 19.2 Å². The molecule has 0 saturated heterocycles. The molecule has 0 aliphatic carbocycles. The van der Waals surface area contributed by atoms with Gasteiger partial charge in [-0.05, 0) is 30.7 Å². The topological polar surface area (TPSA) is 49.8 Å². The molecule has 1 aromatic carbocycles. The smallest absolute Gasteiger partial charge is 0.191 e. The summed E-state index contributed by atoms with van der Waals surface area (Å²) in [6, 6.07) is 10.6. The maximum absolute atomic E-state index is 4.48. The number of thioether (sulfide) groups is 1. The highest BCUT2D eigenvalue weighted by atomic mass is 32.2. The molecule has 2 N–H and O–H groups in total. The second-order valence-electron chi connectivity index (χ2n) is 4.68. The Kier molecular flexibility index (Phi) is 5.87. The van der Waals surface area contributed by atoms with Gasteiger partial charge in [0.25, 0.3) is 0 Å². The molecule has 0 atom stereocenters. The molecule has 0 amide bonds. The number of hydrogen-bond donors (Lipinski definition) is 2. The zero-order valence-electron chi connectivity index (χ0n) is 12.8. The molecule has 0 fully saturated rings. The van der Waals surface area contributed by atoms with Crippen molar-refractivity contribution in [1.29, 1.82) is 0 Å². The number of rotatable bonds is 7. The fraction of sp³-hybridized carbons (Fsp3) is 0.375. The van der Waals surface area contributed by atoms with Crippen molar-refractivity contribution in [3.05, 3.63) is 41.5 Å². The molecule has 0 aliphatic rings. The Balaban J connectivity index is 2.05. The van der Waals surface area contributed by atoms with E-state index in [2.05, 4.69) is 58.7 Å². The van der Waals surface area contributed by atoms with Crippen LogP contribution in [0.25, 0.3) is 0 Å². The van der Waals surface area contributed by atoms with Crippen LogP contribution in [-0.4, -0.2) is 22.8 Å². The van der Waals surface area contributed by atoms with E-state index in [9.17, 15) is 0 Å². The van der Waals surface area contributed by atoms with Crippen LogP contribution in [-0.2, 0) is 13.0 Å². The van der Waals surface area contributed by atoms with Crippen molar-refractivity contribution >= 4 is 23.4 Å². The first-order chi connectivity index (χ1) is 10.2. The first kappa shape index (κ1) is 15.6. The van der Waals surface area contributed by atoms with Crippen molar-refractivity contribution in [2.45, 2.75) is 32.0 Å². The SMILES string of the molecule is CCNc1cc(NCc2ccc(CC)cc2)nc(SC)n1. The van der Waals surface area contributed by atoms with Crippen molar-refractivity contribution in [1.82, 2.24) is 9.97 Å². The van der Waals surface area contributed by atoms with Gasteiger partial charge in [-0.3, -0.25) is 0 Å². The van der Waals surface area contributed by atoms with E-state index in [1.165, 1.54) is 11.1 Å². The summed E-state index contributed by atoms with van der Waals surface area (Å²) >= 11 is 1.55. The molecule has 5 heteroatoms. The quantitative estimate of drug-likeness (QED) is 0.602. The van der Waals surface area contributed by atoms with Crippen LogP contribution in [0.1, 0.15) is 25.0 Å². The third kappa shape index (κ3) is 4.63. The number of nitrogens with zero attached hydrogens (tertiary/aromatic N) is 2. The van der Waals surface area contributed by atoms with Crippen LogP contribution in [0.4, 0.5) is 11.6 Å². The second-order valence-corrected chi connectivity index (χ2v) is 5.45. The Morgan fingerprint density at radius 2 is 1.57 bits per heavy atom. The van der Waals surface area contributed by atoms with Crippen LogP contribution in [0, 0.1) is 0 Å². The first-order valence-corrected chi connectivity index (χ1v) is 8.46. The average molecular weight is 302 g/mol. The molecular formula is C16H22N4S. The highest BCUT2D eigenvalue weighted by Crippen LogP contribution is 2.18. The summed E-state index contributed by atoms with van der Waals surface area (Å²) in [6.07, 6.45) is 3.06. The van der Waals surface area contributed by atoms with Crippen molar-refractivity contribution in [2.24, 2.45) is 0 Å². The molecule has 0 unspecified atom stereocenters. The normalized spacial score (nSPS) is 10.4. The zero-order valence-corrected chi connectivity index (χ0v) is 13.6. The molecule has 0 radical (unpaired) electrons. The number of anilines is 2. The van der Waals surface area contributed by atoms with Crippen molar-refractivity contribution in [3.63, 3.8) is 0 Å². The van der Waals surface area contributed by atoms with Crippen LogP contribution in [0.2, 0.25) is 0 Å². The third-order valence-corrected chi connectivity index (χ3v) is 3.70. The van der Waals surface area contributed by atoms with Crippen molar-refractivity contribution in [2.75, 3.05) is 23.4 Å². The summed E-state index contributed by atoms with van der Waals surface area (Å²) in [5.41, 5.74) is 2.61. The monoisotopic (exact) mass is 302 g/mol. The predicted molar refractivity (Wildman–Crippen MR) is 91.1 cm³/mol. The van der Waals surface area contributed by atoms with E-state index in [1.54, 1.807) is 11.8 Å². The molecule has 2 aromatic rings. The van der Waals surface area contributed by atoms with E-state index in [-0.39, 0.29) is 0 Å². The fourth-order valence-electron chi connectivity index (χ4n) is 1.96. The Bertz CT molecular complexity index is 569. The van der Waals surface area contributed by atoms with Gasteiger partial charge in [-0.1, -0.05) is 43.0 Å². The van der Waals surface area contributed by atoms with Crippen LogP contribution in [0.5, 0.6) is 0 Å². The standard InChI is InChI=1S/C16H22N4S/c1-4-12-6-8-13(9-7-12)11-18-15-10-14(17-5-2)19-16(20-15)21-3/h6-10H,4-5,11H2,1-3H3,(H2,17,18,19,20). The lowest BCUT2D eigenvalue weighted by molar-refractivity contribution is 0.949. The summed E-state index contributed by atoms with van der Waals surface area (Å²) in [5.74, 6) is 1.71. The minimum Gasteiger partial charge on any atom is -0.370 e. The average Bonchev–Trinajstić information content (AvgIpc) is 2.53. The van der Waals surface area contributed by atoms with Gasteiger partial charge < -0.3 is 10.6 Å². The summed E-state index contributed by atoms with van der Waals surface area (Å²) < 4.78 is 0. The van der Waals surface area contributed by atoms with Crippen molar-refractivity contribution < 1.29 is 0 Å². The summed E-state index contributed by atoms with van der Waals surface area (Å²) in [7, 11) is 0. The minimum atomic E-state index is 0.764. The lowest BCUT2D eigenvalue weighted by Gasteiger charge is -2.10. The highest BCUT2D eigenvalue weighted by molar-refractivity contribution is 7.98. The molecule has 2 rings (SSSR count). The molecule has 1 aromatic heterocycles. The maximum Gasteiger partial charge on any atom is 0.191 e. The number of benzene rings is 1. The Morgan fingerprint density at radius 1 is 0.952 bits per heavy atom. The number of hydrogen-bond acceptors (Lipinski definition) is 5. The van der Waals surface area contributed by atoms with Gasteiger partial charge in [-0.25, -0.2) is 9.97 Å². The Hall–Kier alpha value is -1.75. The molecule has 4 nitrogen and oxygen atoms in total. The van der Waals surface area contributed by atoms with E-state index in [4.69, 9.17) is 0 Å². The van der Waals surface area contributed by atoms with Crippen LogP contribution in [0.3, 0.4) is 0 Å². The molecule has 0 saturated carbocycles. The largest absolute Gasteiger partial charge is 0.370 e. The van der Waals surface area contributed by atoms with Gasteiger partial charge in [-0.2, -0.15) is 0 Å². The number of aryl methyl sites for hydroxylation is 1. The number of aromatic nitrogens is 2. The van der Waals surface area contributed by atoms with Gasteiger partial charge in [0.2, 0.25) is 0 Å². The fourth-order valence-corrected chi connectivity index (χ4v) is 2.34. The van der Waals surface area contributed by atoms with E-state index in [0.29, 0.717) is 0 Å². The van der Waals surface area contributed by atoms with Gasteiger partial charge in [0.05, 0.1) is 0 Å². The predicted octanol–water partition coefficient (Wildman–Crippen LogP) is 3.80. The molecule has 21 heavy (non-hydrogen) atoms. The Labute approximate surface area is 130 Å². The Morgan fingerprint density at radius 3 is 2.14 bits per heavy atom. The summed E-state index contributed by atoms with van der Waals surface area (Å²) in [4.78, 5) is 8.90. The number of nitrogens with one attached hydrogen (secondary N) is 2. The maximum atomic E-state index is 4.48. The van der Waals surface area contributed by atoms with Crippen molar-refractivity contribution in [3.8, 4) is 0 Å². The van der Waals surface area contributed by atoms with Gasteiger partial charge >= 0.3 is 0 Å². The molecule has 112 valence electrons. The molecule has 1 heterocycles. The van der Waals surface area contributed by atoms with E-state index in [1.807, 2.05) is 12.3 Å². The molecule has 0 spiro atoms. The second kappa shape index (κ2) is 7.88. The molecule has 0 aliphatic heterocycles. The minimum absolute atomic E-state index is 0.764. The lowest BCUT2D eigenvalue weighted by atomic mass is 10.1. The molecule has 0 bridgehead atoms. The van der Waals surface area contributed by atoms with Gasteiger partial charge in [0.1, 0.15) is 11.6 Å². The van der Waals surface area contributed by atoms with E-state index < -0.39 is 0 Å². The summed E-state index contributed by atoms with van der Waals surface area (Å²) in [5, 5.41) is 7.37. The van der Waals surface area contributed by atoms with Crippen LogP contribution in [0.15, 0.2) is 35.5 Å². The first-order valence-electron chi connectivity index (χ1n) is 7.23. The third-order valence-electron chi connectivity index (χ3n) is 3.15. The zero-order chi connectivity index (χ0) is 15.1. The summed E-state index contributed by atoms with van der Waals surface area (Å²) in [6.45, 7) is 5.84. The molecular weight excluding hydrogens is 280 g/mol. The van der Waals surface area contributed by atoms with E-state index >= 15 is 0 Å². The lowest BCUT2D eigenvalue weighted by Crippen LogP contribution is -2.06. The van der Waals surface area contributed by atoms with Crippen LogP contribution >= 0.6 is 11.8 Å². The van der Waals surface area contributed by atoms with Gasteiger partial charge in [-0.15, -0.1) is 0 Å². The highest BCUT2D eigenvalue weighted by Gasteiger charge is 2.03. The van der Waals surface area contributed by atoms with Gasteiger partial charge in [0.15, 0.2) is 5.16 Å². The van der Waals surface area contributed by atoms with Crippen LogP contribution < -0.4 is 10.6 Å².